The van der Waals surface area contributed by atoms with Gasteiger partial charge in [0.2, 0.25) is 0 Å². The fraction of sp³-hybridized carbons (Fsp3) is 0.500. The average molecular weight is 234 g/mol. The third-order valence-electron chi connectivity index (χ3n) is 2.62. The summed E-state index contributed by atoms with van der Waals surface area (Å²) in [5, 5.41) is 0. The summed E-state index contributed by atoms with van der Waals surface area (Å²) in [6.07, 6.45) is 0. The van der Waals surface area contributed by atoms with E-state index in [-0.39, 0.29) is 5.91 Å². The van der Waals surface area contributed by atoms with E-state index in [4.69, 9.17) is 0 Å². The van der Waals surface area contributed by atoms with Crippen LogP contribution in [0.15, 0.2) is 24.3 Å². The Kier molecular flexibility index (Phi) is 4.55. The van der Waals surface area contributed by atoms with Gasteiger partial charge in [-0.25, -0.2) is 0 Å². The molecule has 1 rings (SSSR count). The predicted molar refractivity (Wildman–Crippen MR) is 72.6 cm³/mol. The molecular formula is C14H22N2O. The smallest absolute Gasteiger partial charge is 0.253 e. The summed E-state index contributed by atoms with van der Waals surface area (Å²) in [6, 6.07) is 7.70. The monoisotopic (exact) mass is 234 g/mol. The van der Waals surface area contributed by atoms with Gasteiger partial charge in [-0.3, -0.25) is 4.79 Å². The van der Waals surface area contributed by atoms with Crippen LogP contribution in [0.5, 0.6) is 0 Å². The lowest BCUT2D eigenvalue weighted by atomic mass is 10.1. The Morgan fingerprint density at radius 3 is 2.06 bits per heavy atom. The molecule has 0 unspecified atom stereocenters. The van der Waals surface area contributed by atoms with Gasteiger partial charge < -0.3 is 9.80 Å². The molecule has 0 aliphatic rings. The zero-order valence-corrected chi connectivity index (χ0v) is 11.4. The van der Waals surface area contributed by atoms with Crippen molar-refractivity contribution >= 4 is 11.6 Å². The SMILES string of the molecule is CC(C)CN(C)C(=O)c1ccc(N(C)C)cc1. The number of rotatable bonds is 4. The lowest BCUT2D eigenvalue weighted by Crippen LogP contribution is -2.30. The van der Waals surface area contributed by atoms with Crippen LogP contribution in [0.4, 0.5) is 5.69 Å². The van der Waals surface area contributed by atoms with Crippen molar-refractivity contribution in [2.24, 2.45) is 5.92 Å². The molecule has 1 amide bonds. The van der Waals surface area contributed by atoms with E-state index < -0.39 is 0 Å². The first-order valence-corrected chi connectivity index (χ1v) is 5.94. The number of carbonyl (C=O) groups excluding carboxylic acids is 1. The van der Waals surface area contributed by atoms with Crippen molar-refractivity contribution in [3.8, 4) is 0 Å². The average Bonchev–Trinajstić information content (AvgIpc) is 2.27. The van der Waals surface area contributed by atoms with Crippen LogP contribution in [0.25, 0.3) is 0 Å². The standard InChI is InChI=1S/C14H22N2O/c1-11(2)10-16(5)14(17)12-6-8-13(9-7-12)15(3)4/h6-9,11H,10H2,1-5H3. The molecule has 0 N–H and O–H groups in total. The molecule has 0 spiro atoms. The summed E-state index contributed by atoms with van der Waals surface area (Å²) in [5.41, 5.74) is 1.85. The van der Waals surface area contributed by atoms with Crippen LogP contribution in [-0.2, 0) is 0 Å². The maximum atomic E-state index is 12.1. The number of carbonyl (C=O) groups is 1. The van der Waals surface area contributed by atoms with E-state index in [0.717, 1.165) is 17.8 Å². The van der Waals surface area contributed by atoms with Gasteiger partial charge in [0.05, 0.1) is 0 Å². The minimum absolute atomic E-state index is 0.0870. The van der Waals surface area contributed by atoms with Crippen molar-refractivity contribution in [3.05, 3.63) is 29.8 Å². The Hall–Kier alpha value is -1.51. The van der Waals surface area contributed by atoms with Crippen molar-refractivity contribution in [3.63, 3.8) is 0 Å². The molecule has 3 nitrogen and oxygen atoms in total. The van der Waals surface area contributed by atoms with Crippen LogP contribution >= 0.6 is 0 Å². The highest BCUT2D eigenvalue weighted by atomic mass is 16.2. The second-order valence-electron chi connectivity index (χ2n) is 5.02. The Morgan fingerprint density at radius 2 is 1.65 bits per heavy atom. The van der Waals surface area contributed by atoms with Crippen molar-refractivity contribution in [2.45, 2.75) is 13.8 Å². The van der Waals surface area contributed by atoms with E-state index in [0.29, 0.717) is 5.92 Å². The van der Waals surface area contributed by atoms with Crippen LogP contribution in [-0.4, -0.2) is 38.5 Å². The van der Waals surface area contributed by atoms with Gasteiger partial charge in [0.25, 0.3) is 5.91 Å². The second kappa shape index (κ2) is 5.71. The van der Waals surface area contributed by atoms with Gasteiger partial charge in [0.15, 0.2) is 0 Å². The highest BCUT2D eigenvalue weighted by Crippen LogP contribution is 2.13. The molecule has 0 radical (unpaired) electrons. The third kappa shape index (κ3) is 3.77. The van der Waals surface area contributed by atoms with Crippen LogP contribution in [0.3, 0.4) is 0 Å². The summed E-state index contributed by atoms with van der Waals surface area (Å²) < 4.78 is 0. The van der Waals surface area contributed by atoms with Gasteiger partial charge in [-0.2, -0.15) is 0 Å². The van der Waals surface area contributed by atoms with Gasteiger partial charge in [0, 0.05) is 38.9 Å². The maximum Gasteiger partial charge on any atom is 0.253 e. The van der Waals surface area contributed by atoms with Gasteiger partial charge in [-0.1, -0.05) is 13.8 Å². The lowest BCUT2D eigenvalue weighted by molar-refractivity contribution is 0.0779. The molecule has 0 heterocycles. The normalized spacial score (nSPS) is 10.5. The molecule has 17 heavy (non-hydrogen) atoms. The minimum Gasteiger partial charge on any atom is -0.378 e. The molecule has 0 bridgehead atoms. The fourth-order valence-corrected chi connectivity index (χ4v) is 1.75. The number of hydrogen-bond acceptors (Lipinski definition) is 2. The molecule has 94 valence electrons. The van der Waals surface area contributed by atoms with E-state index in [1.807, 2.05) is 50.3 Å². The van der Waals surface area contributed by atoms with Crippen molar-refractivity contribution in [1.82, 2.24) is 4.90 Å². The van der Waals surface area contributed by atoms with E-state index >= 15 is 0 Å². The topological polar surface area (TPSA) is 23.6 Å². The van der Waals surface area contributed by atoms with E-state index in [1.165, 1.54) is 0 Å². The molecule has 0 aliphatic heterocycles. The summed E-state index contributed by atoms with van der Waals surface area (Å²) in [6.45, 7) is 5.01. The van der Waals surface area contributed by atoms with Gasteiger partial charge in [0.1, 0.15) is 0 Å². The molecule has 0 fully saturated rings. The lowest BCUT2D eigenvalue weighted by Gasteiger charge is -2.20. The maximum absolute atomic E-state index is 12.1. The number of anilines is 1. The van der Waals surface area contributed by atoms with Gasteiger partial charge in [-0.05, 0) is 30.2 Å². The number of hydrogen-bond donors (Lipinski definition) is 0. The van der Waals surface area contributed by atoms with Crippen molar-refractivity contribution in [2.75, 3.05) is 32.6 Å². The Labute approximate surface area is 104 Å². The summed E-state index contributed by atoms with van der Waals surface area (Å²) in [7, 11) is 5.83. The fourth-order valence-electron chi connectivity index (χ4n) is 1.75. The number of amides is 1. The molecule has 0 atom stereocenters. The third-order valence-corrected chi connectivity index (χ3v) is 2.62. The van der Waals surface area contributed by atoms with E-state index in [9.17, 15) is 4.79 Å². The molecule has 0 saturated heterocycles. The molecule has 1 aromatic carbocycles. The first-order valence-electron chi connectivity index (χ1n) is 5.94. The molecule has 3 heteroatoms. The quantitative estimate of drug-likeness (QED) is 0.799. The van der Waals surface area contributed by atoms with Gasteiger partial charge >= 0.3 is 0 Å². The Morgan fingerprint density at radius 1 is 1.12 bits per heavy atom. The zero-order valence-electron chi connectivity index (χ0n) is 11.4. The van der Waals surface area contributed by atoms with Crippen LogP contribution < -0.4 is 4.90 Å². The van der Waals surface area contributed by atoms with Crippen molar-refractivity contribution < 1.29 is 4.79 Å². The predicted octanol–water partition coefficient (Wildman–Crippen LogP) is 2.48. The first kappa shape index (κ1) is 13.6. The zero-order chi connectivity index (χ0) is 13.0. The molecule has 1 aromatic rings. The molecule has 0 aliphatic carbocycles. The first-order chi connectivity index (χ1) is 7.91. The van der Waals surface area contributed by atoms with E-state index in [2.05, 4.69) is 13.8 Å². The second-order valence-corrected chi connectivity index (χ2v) is 5.02. The van der Waals surface area contributed by atoms with Crippen molar-refractivity contribution in [1.29, 1.82) is 0 Å². The van der Waals surface area contributed by atoms with Crippen LogP contribution in [0.2, 0.25) is 0 Å². The van der Waals surface area contributed by atoms with Crippen LogP contribution in [0, 0.1) is 5.92 Å². The highest BCUT2D eigenvalue weighted by molar-refractivity contribution is 5.94. The van der Waals surface area contributed by atoms with Crippen LogP contribution in [0.1, 0.15) is 24.2 Å². The molecule has 0 aromatic heterocycles. The molecular weight excluding hydrogens is 212 g/mol. The highest BCUT2D eigenvalue weighted by Gasteiger charge is 2.12. The Balaban J connectivity index is 2.76. The largest absolute Gasteiger partial charge is 0.378 e. The molecule has 0 saturated carbocycles. The summed E-state index contributed by atoms with van der Waals surface area (Å²) in [5.74, 6) is 0.578. The number of nitrogens with zero attached hydrogens (tertiary/aromatic N) is 2. The van der Waals surface area contributed by atoms with Gasteiger partial charge in [-0.15, -0.1) is 0 Å². The van der Waals surface area contributed by atoms with E-state index in [1.54, 1.807) is 4.90 Å². The Bertz CT molecular complexity index is 368. The summed E-state index contributed by atoms with van der Waals surface area (Å²) in [4.78, 5) is 15.9. The summed E-state index contributed by atoms with van der Waals surface area (Å²) >= 11 is 0. The minimum atomic E-state index is 0.0870. The number of benzene rings is 1.